The molecule has 5 amide bonds. The van der Waals surface area contributed by atoms with Crippen molar-refractivity contribution >= 4 is 35.1 Å². The number of carbonyl (C=O) groups excluding carboxylic acids is 4. The van der Waals surface area contributed by atoms with Crippen molar-refractivity contribution in [1.82, 2.24) is 10.6 Å². The first-order valence-electron chi connectivity index (χ1n) is 9.28. The van der Waals surface area contributed by atoms with E-state index in [1.807, 2.05) is 20.8 Å². The van der Waals surface area contributed by atoms with E-state index in [2.05, 4.69) is 21.3 Å². The minimum atomic E-state index is -0.530. The summed E-state index contributed by atoms with van der Waals surface area (Å²) in [7, 11) is 0. The Labute approximate surface area is 165 Å². The summed E-state index contributed by atoms with van der Waals surface area (Å²) in [5.74, 6) is -0.573. The Hall–Kier alpha value is -2.94. The van der Waals surface area contributed by atoms with Crippen molar-refractivity contribution in [3.63, 3.8) is 0 Å². The first-order valence-corrected chi connectivity index (χ1v) is 9.28. The van der Waals surface area contributed by atoms with Gasteiger partial charge in [0.2, 0.25) is 5.91 Å². The number of quaternary nitrogens is 1. The SMILES string of the molecule is CC[NH+](CC(=O)NC(=O)NCC(C)C)CC(=O)Nc1ccc(NC(C)=O)cc1. The average Bonchev–Trinajstić information content (AvgIpc) is 2.60. The van der Waals surface area contributed by atoms with E-state index in [0.29, 0.717) is 24.5 Å². The number of hydrogen-bond acceptors (Lipinski definition) is 4. The van der Waals surface area contributed by atoms with Crippen LogP contribution >= 0.6 is 0 Å². The second-order valence-corrected chi connectivity index (χ2v) is 6.92. The van der Waals surface area contributed by atoms with Gasteiger partial charge in [-0.1, -0.05) is 13.8 Å². The predicted molar refractivity (Wildman–Crippen MR) is 107 cm³/mol. The highest BCUT2D eigenvalue weighted by Gasteiger charge is 2.18. The Bertz CT molecular complexity index is 688. The molecule has 9 heteroatoms. The molecule has 0 radical (unpaired) electrons. The highest BCUT2D eigenvalue weighted by atomic mass is 16.2. The van der Waals surface area contributed by atoms with Gasteiger partial charge < -0.3 is 20.9 Å². The Morgan fingerprint density at radius 1 is 0.929 bits per heavy atom. The van der Waals surface area contributed by atoms with Gasteiger partial charge in [-0.25, -0.2) is 4.79 Å². The third-order valence-electron chi connectivity index (χ3n) is 3.73. The zero-order valence-electron chi connectivity index (χ0n) is 16.8. The van der Waals surface area contributed by atoms with Crippen LogP contribution in [-0.4, -0.2) is 49.9 Å². The van der Waals surface area contributed by atoms with Gasteiger partial charge in [0, 0.05) is 24.8 Å². The van der Waals surface area contributed by atoms with Crippen LogP contribution in [0.1, 0.15) is 27.7 Å². The van der Waals surface area contributed by atoms with Crippen LogP contribution in [0.25, 0.3) is 0 Å². The molecule has 1 unspecified atom stereocenters. The normalized spacial score (nSPS) is 11.5. The lowest BCUT2D eigenvalue weighted by atomic mass is 10.2. The smallest absolute Gasteiger partial charge is 0.321 e. The molecule has 0 aliphatic carbocycles. The molecule has 0 aliphatic rings. The molecule has 5 N–H and O–H groups in total. The number of likely N-dealkylation sites (N-methyl/N-ethyl adjacent to an activating group) is 1. The quantitative estimate of drug-likeness (QED) is 0.405. The zero-order valence-corrected chi connectivity index (χ0v) is 16.8. The van der Waals surface area contributed by atoms with E-state index >= 15 is 0 Å². The number of hydrogen-bond donors (Lipinski definition) is 5. The highest BCUT2D eigenvalue weighted by molar-refractivity contribution is 5.95. The van der Waals surface area contributed by atoms with Crippen LogP contribution in [0.5, 0.6) is 0 Å². The van der Waals surface area contributed by atoms with E-state index in [4.69, 9.17) is 0 Å². The molecule has 0 fully saturated rings. The molecule has 1 aromatic carbocycles. The Morgan fingerprint density at radius 2 is 1.46 bits per heavy atom. The summed E-state index contributed by atoms with van der Waals surface area (Å²) in [5, 5.41) is 10.3. The van der Waals surface area contributed by atoms with E-state index in [1.54, 1.807) is 24.3 Å². The third-order valence-corrected chi connectivity index (χ3v) is 3.73. The van der Waals surface area contributed by atoms with Gasteiger partial charge in [0.1, 0.15) is 0 Å². The lowest BCUT2D eigenvalue weighted by Gasteiger charge is -2.17. The molecular formula is C19H30N5O4+. The first-order chi connectivity index (χ1) is 13.2. The second kappa shape index (κ2) is 11.7. The zero-order chi connectivity index (χ0) is 21.1. The number of amides is 5. The monoisotopic (exact) mass is 392 g/mol. The first kappa shape index (κ1) is 23.1. The van der Waals surface area contributed by atoms with Gasteiger partial charge in [-0.3, -0.25) is 19.7 Å². The maximum absolute atomic E-state index is 12.2. The Balaban J connectivity index is 2.46. The summed E-state index contributed by atoms with van der Waals surface area (Å²) >= 11 is 0. The lowest BCUT2D eigenvalue weighted by molar-refractivity contribution is -0.881. The lowest BCUT2D eigenvalue weighted by Crippen LogP contribution is -3.14. The molecule has 0 bridgehead atoms. The van der Waals surface area contributed by atoms with Gasteiger partial charge in [0.05, 0.1) is 6.54 Å². The van der Waals surface area contributed by atoms with Crippen LogP contribution in [0.2, 0.25) is 0 Å². The summed E-state index contributed by atoms with van der Waals surface area (Å²) in [6.45, 7) is 8.32. The number of imide groups is 1. The molecule has 154 valence electrons. The molecule has 1 atom stereocenters. The average molecular weight is 392 g/mol. The Morgan fingerprint density at radius 3 is 1.96 bits per heavy atom. The molecule has 0 spiro atoms. The second-order valence-electron chi connectivity index (χ2n) is 6.92. The van der Waals surface area contributed by atoms with Crippen LogP contribution < -0.4 is 26.2 Å². The van der Waals surface area contributed by atoms with Gasteiger partial charge >= 0.3 is 6.03 Å². The number of rotatable bonds is 9. The molecule has 0 aromatic heterocycles. The van der Waals surface area contributed by atoms with Crippen molar-refractivity contribution in [3.05, 3.63) is 24.3 Å². The van der Waals surface area contributed by atoms with Gasteiger partial charge in [0.15, 0.2) is 13.1 Å². The van der Waals surface area contributed by atoms with Gasteiger partial charge in [0.25, 0.3) is 11.8 Å². The van der Waals surface area contributed by atoms with Gasteiger partial charge in [-0.2, -0.15) is 0 Å². The van der Waals surface area contributed by atoms with E-state index < -0.39 is 11.9 Å². The molecule has 1 aromatic rings. The Kier molecular flexibility index (Phi) is 9.66. The molecule has 0 aliphatic heterocycles. The molecule has 0 saturated carbocycles. The minimum absolute atomic E-state index is 0.0144. The summed E-state index contributed by atoms with van der Waals surface area (Å²) in [4.78, 5) is 47.5. The molecule has 0 heterocycles. The number of nitrogens with one attached hydrogen (secondary N) is 5. The van der Waals surface area contributed by atoms with Crippen LogP contribution in [0, 0.1) is 5.92 Å². The standard InChI is InChI=1S/C19H29N5O4/c1-5-24(12-18(27)23-19(28)20-10-13(2)3)11-17(26)22-16-8-6-15(7-9-16)21-14(4)25/h6-9,13H,5,10-12H2,1-4H3,(H,21,25)(H,22,26)(H2,20,23,27,28)/p+1. The van der Waals surface area contributed by atoms with E-state index in [1.165, 1.54) is 6.92 Å². The van der Waals surface area contributed by atoms with Gasteiger partial charge in [-0.15, -0.1) is 0 Å². The molecule has 28 heavy (non-hydrogen) atoms. The summed E-state index contributed by atoms with van der Waals surface area (Å²) in [5.41, 5.74) is 1.23. The minimum Gasteiger partial charge on any atom is -0.338 e. The van der Waals surface area contributed by atoms with Crippen LogP contribution in [0.15, 0.2) is 24.3 Å². The number of anilines is 2. The molecule has 1 rings (SSSR count). The van der Waals surface area contributed by atoms with Crippen molar-refractivity contribution in [2.45, 2.75) is 27.7 Å². The van der Waals surface area contributed by atoms with Crippen LogP contribution in [-0.2, 0) is 14.4 Å². The van der Waals surface area contributed by atoms with Crippen molar-refractivity contribution in [3.8, 4) is 0 Å². The summed E-state index contributed by atoms with van der Waals surface area (Å²) in [6.07, 6.45) is 0. The molecule has 9 nitrogen and oxygen atoms in total. The van der Waals surface area contributed by atoms with Crippen LogP contribution in [0.4, 0.5) is 16.2 Å². The number of carbonyl (C=O) groups is 4. The van der Waals surface area contributed by atoms with Gasteiger partial charge in [-0.05, 0) is 37.1 Å². The predicted octanol–water partition coefficient (Wildman–Crippen LogP) is -0.0299. The van der Waals surface area contributed by atoms with Crippen molar-refractivity contribution < 1.29 is 24.1 Å². The van der Waals surface area contributed by atoms with E-state index in [0.717, 1.165) is 4.90 Å². The highest BCUT2D eigenvalue weighted by Crippen LogP contribution is 2.13. The maximum atomic E-state index is 12.2. The third kappa shape index (κ3) is 9.67. The summed E-state index contributed by atoms with van der Waals surface area (Å²) < 4.78 is 0. The molecular weight excluding hydrogens is 362 g/mol. The topological polar surface area (TPSA) is 121 Å². The number of benzene rings is 1. The largest absolute Gasteiger partial charge is 0.338 e. The maximum Gasteiger partial charge on any atom is 0.321 e. The van der Waals surface area contributed by atoms with Crippen molar-refractivity contribution in [1.29, 1.82) is 0 Å². The fourth-order valence-corrected chi connectivity index (χ4v) is 2.32. The summed E-state index contributed by atoms with van der Waals surface area (Å²) in [6, 6.07) is 6.20. The van der Waals surface area contributed by atoms with E-state index in [-0.39, 0.29) is 30.8 Å². The van der Waals surface area contributed by atoms with E-state index in [9.17, 15) is 19.2 Å². The fourth-order valence-electron chi connectivity index (χ4n) is 2.32. The van der Waals surface area contributed by atoms with Crippen LogP contribution in [0.3, 0.4) is 0 Å². The van der Waals surface area contributed by atoms with Crippen molar-refractivity contribution in [2.75, 3.05) is 36.8 Å². The fraction of sp³-hybridized carbons (Fsp3) is 0.474. The number of urea groups is 1. The molecule has 0 saturated heterocycles. The van der Waals surface area contributed by atoms with Crippen molar-refractivity contribution in [2.24, 2.45) is 5.92 Å².